The van der Waals surface area contributed by atoms with E-state index in [1.807, 2.05) is 12.1 Å². The minimum absolute atomic E-state index is 0.0175. The Kier molecular flexibility index (Phi) is 6.66. The van der Waals surface area contributed by atoms with Crippen LogP contribution in [0.5, 0.6) is 17.5 Å². The van der Waals surface area contributed by atoms with Crippen molar-refractivity contribution in [3.8, 4) is 29.6 Å². The minimum Gasteiger partial charge on any atom is -0.477 e. The third-order valence-corrected chi connectivity index (χ3v) is 4.49. The number of rotatable bonds is 8. The fourth-order valence-electron chi connectivity index (χ4n) is 2.93. The molecule has 1 aliphatic heterocycles. The number of hydrogen-bond donors (Lipinski definition) is 1. The fraction of sp³-hybridized carbons (Fsp3) is 0.350. The second kappa shape index (κ2) is 9.38. The van der Waals surface area contributed by atoms with Gasteiger partial charge in [-0.05, 0) is 35.6 Å². The average Bonchev–Trinajstić information content (AvgIpc) is 3.08. The number of fused-ring (bicyclic) bond motifs is 1. The number of ether oxygens (including phenoxy) is 2. The molecule has 0 radical (unpaired) electrons. The largest absolute Gasteiger partial charge is 0.491 e. The van der Waals surface area contributed by atoms with Crippen molar-refractivity contribution in [3.63, 3.8) is 0 Å². The van der Waals surface area contributed by atoms with Crippen LogP contribution in [0.25, 0.3) is 0 Å². The van der Waals surface area contributed by atoms with Gasteiger partial charge >= 0.3 is 7.12 Å². The lowest BCUT2D eigenvalue weighted by molar-refractivity contribution is 0.275. The number of hydrogen-bond acceptors (Lipinski definition) is 7. The molecule has 29 heavy (non-hydrogen) atoms. The summed E-state index contributed by atoms with van der Waals surface area (Å²) in [5.41, 5.74) is 0.999. The van der Waals surface area contributed by atoms with Crippen LogP contribution in [0.15, 0.2) is 18.2 Å². The molecule has 0 aliphatic carbocycles. The summed E-state index contributed by atoms with van der Waals surface area (Å²) in [4.78, 5) is 4.14. The van der Waals surface area contributed by atoms with Gasteiger partial charge in [-0.1, -0.05) is 26.2 Å². The Hall–Kier alpha value is -3.14. The van der Waals surface area contributed by atoms with Crippen molar-refractivity contribution in [2.75, 3.05) is 6.61 Å². The zero-order valence-electron chi connectivity index (χ0n) is 15.9. The van der Waals surface area contributed by atoms with Crippen molar-refractivity contribution in [1.29, 1.82) is 10.5 Å². The molecular formula is C20H19BFN3O4. The van der Waals surface area contributed by atoms with E-state index in [9.17, 15) is 19.9 Å². The highest BCUT2D eigenvalue weighted by Crippen LogP contribution is 2.31. The van der Waals surface area contributed by atoms with Gasteiger partial charge in [-0.25, -0.2) is 4.39 Å². The lowest BCUT2D eigenvalue weighted by atomic mass is 9.79. The van der Waals surface area contributed by atoms with Gasteiger partial charge in [0, 0.05) is 0 Å². The van der Waals surface area contributed by atoms with Crippen LogP contribution in [0, 0.1) is 28.5 Å². The molecule has 9 heteroatoms. The Morgan fingerprint density at radius 3 is 2.66 bits per heavy atom. The van der Waals surface area contributed by atoms with E-state index >= 15 is 0 Å². The summed E-state index contributed by atoms with van der Waals surface area (Å²) in [6.45, 7) is 2.59. The Morgan fingerprint density at radius 2 is 1.93 bits per heavy atom. The summed E-state index contributed by atoms with van der Waals surface area (Å²) < 4.78 is 30.6. The summed E-state index contributed by atoms with van der Waals surface area (Å²) in [5.74, 6) is -1.01. The number of nitrogens with zero attached hydrogens (tertiary/aromatic N) is 3. The van der Waals surface area contributed by atoms with Gasteiger partial charge in [0.25, 0.3) is 0 Å². The van der Waals surface area contributed by atoms with Crippen LogP contribution in [0.4, 0.5) is 4.39 Å². The number of benzene rings is 1. The summed E-state index contributed by atoms with van der Waals surface area (Å²) in [5, 5.41) is 28.4. The molecule has 0 saturated carbocycles. The van der Waals surface area contributed by atoms with Crippen LogP contribution in [-0.2, 0) is 11.3 Å². The molecule has 0 unspecified atom stereocenters. The monoisotopic (exact) mass is 395 g/mol. The molecule has 0 amide bonds. The third kappa shape index (κ3) is 4.65. The van der Waals surface area contributed by atoms with E-state index in [1.165, 1.54) is 12.1 Å². The van der Waals surface area contributed by atoms with E-state index in [0.29, 0.717) is 17.6 Å². The molecule has 0 bridgehead atoms. The maximum absolute atomic E-state index is 14.4. The molecule has 0 fully saturated rings. The highest BCUT2D eigenvalue weighted by Gasteiger charge is 2.29. The van der Waals surface area contributed by atoms with Gasteiger partial charge in [-0.15, -0.1) is 0 Å². The summed E-state index contributed by atoms with van der Waals surface area (Å²) in [6.07, 6.45) is 3.97. The zero-order chi connectivity index (χ0) is 20.8. The molecule has 3 rings (SSSR count). The van der Waals surface area contributed by atoms with Crippen LogP contribution in [0.2, 0.25) is 0 Å². The highest BCUT2D eigenvalue weighted by atomic mass is 19.1. The van der Waals surface area contributed by atoms with E-state index in [1.54, 1.807) is 0 Å². The van der Waals surface area contributed by atoms with Crippen molar-refractivity contribution >= 4 is 12.6 Å². The second-order valence-electron chi connectivity index (χ2n) is 6.57. The van der Waals surface area contributed by atoms with Crippen LogP contribution < -0.4 is 14.9 Å². The molecule has 0 spiro atoms. The van der Waals surface area contributed by atoms with E-state index in [4.69, 9.17) is 14.1 Å². The molecule has 1 N–H and O–H groups in total. The summed E-state index contributed by atoms with van der Waals surface area (Å²) >= 11 is 0. The molecule has 1 aromatic carbocycles. The maximum atomic E-state index is 14.4. The molecular weight excluding hydrogens is 376 g/mol. The van der Waals surface area contributed by atoms with Gasteiger partial charge in [-0.2, -0.15) is 15.5 Å². The topological polar surface area (TPSA) is 108 Å². The van der Waals surface area contributed by atoms with Crippen LogP contribution in [0.3, 0.4) is 0 Å². The lowest BCUT2D eigenvalue weighted by Gasteiger charge is -2.12. The minimum atomic E-state index is -1.18. The van der Waals surface area contributed by atoms with Crippen molar-refractivity contribution < 1.29 is 23.5 Å². The Labute approximate surface area is 168 Å². The Morgan fingerprint density at radius 1 is 1.17 bits per heavy atom. The van der Waals surface area contributed by atoms with Crippen molar-refractivity contribution in [2.45, 2.75) is 39.2 Å². The van der Waals surface area contributed by atoms with Crippen LogP contribution >= 0.6 is 0 Å². The van der Waals surface area contributed by atoms with Gasteiger partial charge in [0.05, 0.1) is 13.2 Å². The lowest BCUT2D eigenvalue weighted by Crippen LogP contribution is -2.28. The van der Waals surface area contributed by atoms with E-state index in [-0.39, 0.29) is 35.2 Å². The van der Waals surface area contributed by atoms with Crippen molar-refractivity contribution in [3.05, 3.63) is 40.7 Å². The number of nitriles is 2. The molecule has 2 heterocycles. The first-order valence-electron chi connectivity index (χ1n) is 9.35. The SMILES string of the molecule is CCCCCCOc1nc(Oc2cc3c(cc2F)B(O)OC3)c(C#N)cc1C#N. The Balaban J connectivity index is 1.86. The molecule has 0 saturated heterocycles. The summed E-state index contributed by atoms with van der Waals surface area (Å²) in [6, 6.07) is 7.68. The fourth-order valence-corrected chi connectivity index (χ4v) is 2.93. The van der Waals surface area contributed by atoms with Gasteiger partial charge in [0.15, 0.2) is 11.6 Å². The molecule has 2 aromatic rings. The number of aromatic nitrogens is 1. The average molecular weight is 395 g/mol. The van der Waals surface area contributed by atoms with Crippen LogP contribution in [0.1, 0.15) is 49.3 Å². The highest BCUT2D eigenvalue weighted by molar-refractivity contribution is 6.61. The number of unbranched alkanes of at least 4 members (excludes halogenated alkanes) is 3. The second-order valence-corrected chi connectivity index (χ2v) is 6.57. The first kappa shape index (κ1) is 20.6. The molecule has 148 valence electrons. The predicted molar refractivity (Wildman–Crippen MR) is 102 cm³/mol. The smallest absolute Gasteiger partial charge is 0.477 e. The molecule has 0 atom stereocenters. The van der Waals surface area contributed by atoms with Gasteiger partial charge < -0.3 is 19.2 Å². The first-order chi connectivity index (χ1) is 14.1. The summed E-state index contributed by atoms with van der Waals surface area (Å²) in [7, 11) is -1.18. The maximum Gasteiger partial charge on any atom is 0.491 e. The quantitative estimate of drug-likeness (QED) is 0.541. The Bertz CT molecular complexity index is 987. The normalized spacial score (nSPS) is 12.2. The van der Waals surface area contributed by atoms with E-state index < -0.39 is 12.9 Å². The van der Waals surface area contributed by atoms with Crippen LogP contribution in [-0.4, -0.2) is 23.7 Å². The predicted octanol–water partition coefficient (Wildman–Crippen LogP) is 2.93. The van der Waals surface area contributed by atoms with Crippen molar-refractivity contribution in [2.24, 2.45) is 0 Å². The van der Waals surface area contributed by atoms with E-state index in [0.717, 1.165) is 31.7 Å². The van der Waals surface area contributed by atoms with Gasteiger partial charge in [0.1, 0.15) is 23.3 Å². The number of pyridine rings is 1. The standard InChI is InChI=1S/C20H19BFN3O4/c1-2-3-4-5-6-27-19-13(10-23)7-14(11-24)20(25-19)29-18-8-15-12-28-21(26)16(15)9-17(18)22/h7-9,26H,2-6,12H2,1H3. The number of halogens is 1. The van der Waals surface area contributed by atoms with Gasteiger partial charge in [-0.3, -0.25) is 0 Å². The van der Waals surface area contributed by atoms with Crippen molar-refractivity contribution in [1.82, 2.24) is 4.98 Å². The van der Waals surface area contributed by atoms with E-state index in [2.05, 4.69) is 11.9 Å². The molecule has 7 nitrogen and oxygen atoms in total. The first-order valence-corrected chi connectivity index (χ1v) is 9.35. The molecule has 1 aromatic heterocycles. The third-order valence-electron chi connectivity index (χ3n) is 4.49. The zero-order valence-corrected chi connectivity index (χ0v) is 15.9. The molecule has 1 aliphatic rings. The van der Waals surface area contributed by atoms with Gasteiger partial charge in [0.2, 0.25) is 11.8 Å².